The van der Waals surface area contributed by atoms with Gasteiger partial charge in [0.1, 0.15) is 6.61 Å². The van der Waals surface area contributed by atoms with Crippen molar-refractivity contribution in [2.75, 3.05) is 13.2 Å². The third-order valence-electron chi connectivity index (χ3n) is 5.87. The molecule has 3 heterocycles. The van der Waals surface area contributed by atoms with E-state index in [2.05, 4.69) is 16.4 Å². The maximum Gasteiger partial charge on any atom is 0.407 e. The second-order valence-electron chi connectivity index (χ2n) is 7.81. The summed E-state index contributed by atoms with van der Waals surface area (Å²) in [5.41, 5.74) is 5.17. The monoisotopic (exact) mass is 403 g/mol. The van der Waals surface area contributed by atoms with Crippen LogP contribution < -0.4 is 5.32 Å². The van der Waals surface area contributed by atoms with E-state index in [1.165, 1.54) is 4.90 Å². The standard InChI is InChI=1S/C23H21N3O4/c1-13-16(8-9-26-21(27)17-4-2-3-5-18(17)22(26)28)19-11-14(6-7-20(19)24-13)10-15-12-30-23(29)25-15/h2-7,11,15,24H,8-10,12H2,1H3,(H,25,29)/t15-/m0/s1. The van der Waals surface area contributed by atoms with E-state index < -0.39 is 0 Å². The van der Waals surface area contributed by atoms with Gasteiger partial charge in [-0.3, -0.25) is 14.5 Å². The molecule has 0 spiro atoms. The predicted molar refractivity (Wildman–Crippen MR) is 111 cm³/mol. The molecular weight excluding hydrogens is 382 g/mol. The molecule has 0 aliphatic carbocycles. The van der Waals surface area contributed by atoms with Crippen molar-refractivity contribution in [3.05, 3.63) is 70.4 Å². The number of rotatable bonds is 5. The van der Waals surface area contributed by atoms with Gasteiger partial charge in [-0.15, -0.1) is 0 Å². The number of aromatic amines is 1. The Balaban J connectivity index is 1.37. The smallest absolute Gasteiger partial charge is 0.407 e. The number of aromatic nitrogens is 1. The van der Waals surface area contributed by atoms with E-state index in [0.29, 0.717) is 37.1 Å². The number of carbonyl (C=O) groups is 3. The molecule has 7 nitrogen and oxygen atoms in total. The molecular formula is C23H21N3O4. The van der Waals surface area contributed by atoms with Crippen molar-refractivity contribution in [3.63, 3.8) is 0 Å². The molecule has 1 saturated heterocycles. The molecule has 2 aliphatic rings. The lowest BCUT2D eigenvalue weighted by Gasteiger charge is -2.14. The summed E-state index contributed by atoms with van der Waals surface area (Å²) in [6.45, 7) is 2.70. The van der Waals surface area contributed by atoms with Crippen LogP contribution in [0.1, 0.15) is 37.5 Å². The van der Waals surface area contributed by atoms with Gasteiger partial charge >= 0.3 is 6.09 Å². The van der Waals surface area contributed by atoms with Crippen LogP contribution in [-0.4, -0.2) is 47.0 Å². The van der Waals surface area contributed by atoms with E-state index >= 15 is 0 Å². The molecule has 1 atom stereocenters. The van der Waals surface area contributed by atoms with E-state index in [-0.39, 0.29) is 23.9 Å². The van der Waals surface area contributed by atoms with Crippen LogP contribution in [0.5, 0.6) is 0 Å². The van der Waals surface area contributed by atoms with Crippen LogP contribution in [0.25, 0.3) is 10.9 Å². The number of nitrogens with one attached hydrogen (secondary N) is 2. The van der Waals surface area contributed by atoms with Gasteiger partial charge in [-0.05, 0) is 55.2 Å². The summed E-state index contributed by atoms with van der Waals surface area (Å²) in [4.78, 5) is 41.3. The zero-order valence-corrected chi connectivity index (χ0v) is 16.5. The lowest BCUT2D eigenvalue weighted by atomic mass is 10.0. The van der Waals surface area contributed by atoms with Crippen molar-refractivity contribution >= 4 is 28.8 Å². The number of fused-ring (bicyclic) bond motifs is 2. The first-order valence-electron chi connectivity index (χ1n) is 10.00. The molecule has 0 radical (unpaired) electrons. The molecule has 1 aromatic heterocycles. The summed E-state index contributed by atoms with van der Waals surface area (Å²) >= 11 is 0. The molecule has 30 heavy (non-hydrogen) atoms. The highest BCUT2D eigenvalue weighted by Gasteiger charge is 2.34. The maximum absolute atomic E-state index is 12.6. The van der Waals surface area contributed by atoms with Gasteiger partial charge in [0.25, 0.3) is 11.8 Å². The van der Waals surface area contributed by atoms with Crippen molar-refractivity contribution in [2.24, 2.45) is 0 Å². The number of benzene rings is 2. The molecule has 0 saturated carbocycles. The Morgan fingerprint density at radius 1 is 1.07 bits per heavy atom. The summed E-state index contributed by atoms with van der Waals surface area (Å²) in [6, 6.07) is 13.1. The Hall–Kier alpha value is -3.61. The lowest BCUT2D eigenvalue weighted by Crippen LogP contribution is -2.31. The highest BCUT2D eigenvalue weighted by molar-refractivity contribution is 6.21. The Labute approximate surface area is 173 Å². The summed E-state index contributed by atoms with van der Waals surface area (Å²) in [6.07, 6.45) is 0.883. The van der Waals surface area contributed by atoms with Crippen LogP contribution in [0.15, 0.2) is 42.5 Å². The first kappa shape index (κ1) is 18.4. The van der Waals surface area contributed by atoms with Crippen LogP contribution in [-0.2, 0) is 17.6 Å². The number of cyclic esters (lactones) is 1. The Kier molecular flexibility index (Phi) is 4.31. The number of amides is 3. The molecule has 0 bridgehead atoms. The number of alkyl carbamates (subject to hydrolysis) is 1. The predicted octanol–water partition coefficient (Wildman–Crippen LogP) is 2.97. The molecule has 3 aromatic rings. The minimum absolute atomic E-state index is 0.0308. The van der Waals surface area contributed by atoms with Gasteiger partial charge in [0, 0.05) is 23.1 Å². The van der Waals surface area contributed by atoms with Crippen molar-refractivity contribution in [2.45, 2.75) is 25.8 Å². The van der Waals surface area contributed by atoms with Gasteiger partial charge in [-0.2, -0.15) is 0 Å². The van der Waals surface area contributed by atoms with Crippen molar-refractivity contribution in [3.8, 4) is 0 Å². The van der Waals surface area contributed by atoms with Crippen molar-refractivity contribution < 1.29 is 19.1 Å². The number of hydrogen-bond acceptors (Lipinski definition) is 4. The topological polar surface area (TPSA) is 91.5 Å². The van der Waals surface area contributed by atoms with Crippen LogP contribution in [0.4, 0.5) is 4.79 Å². The minimum Gasteiger partial charge on any atom is -0.447 e. The molecule has 3 amide bonds. The third kappa shape index (κ3) is 3.03. The fraction of sp³-hybridized carbons (Fsp3) is 0.261. The fourth-order valence-corrected chi connectivity index (χ4v) is 4.37. The van der Waals surface area contributed by atoms with E-state index in [4.69, 9.17) is 4.74 Å². The van der Waals surface area contributed by atoms with Crippen molar-refractivity contribution in [1.29, 1.82) is 0 Å². The molecule has 2 aliphatic heterocycles. The number of nitrogens with zero attached hydrogens (tertiary/aromatic N) is 1. The second kappa shape index (κ2) is 7.02. The average molecular weight is 403 g/mol. The third-order valence-corrected chi connectivity index (χ3v) is 5.87. The van der Waals surface area contributed by atoms with Crippen LogP contribution in [0, 0.1) is 6.92 Å². The quantitative estimate of drug-likeness (QED) is 0.641. The molecule has 5 rings (SSSR count). The number of imide groups is 1. The van der Waals surface area contributed by atoms with Crippen LogP contribution in [0.3, 0.4) is 0 Å². The fourth-order valence-electron chi connectivity index (χ4n) is 4.37. The molecule has 7 heteroatoms. The van der Waals surface area contributed by atoms with Gasteiger partial charge in [0.05, 0.1) is 17.2 Å². The van der Waals surface area contributed by atoms with Gasteiger partial charge in [-0.25, -0.2) is 4.79 Å². The first-order valence-corrected chi connectivity index (χ1v) is 10.00. The van der Waals surface area contributed by atoms with E-state index in [1.807, 2.05) is 19.1 Å². The lowest BCUT2D eigenvalue weighted by molar-refractivity contribution is 0.0656. The first-order chi connectivity index (χ1) is 14.5. The van der Waals surface area contributed by atoms with Gasteiger partial charge in [0.2, 0.25) is 0 Å². The zero-order chi connectivity index (χ0) is 20.8. The highest BCUT2D eigenvalue weighted by Crippen LogP contribution is 2.27. The summed E-state index contributed by atoms with van der Waals surface area (Å²) < 4.78 is 4.97. The summed E-state index contributed by atoms with van der Waals surface area (Å²) in [7, 11) is 0. The largest absolute Gasteiger partial charge is 0.447 e. The average Bonchev–Trinajstić information content (AvgIpc) is 3.36. The number of aryl methyl sites for hydroxylation is 1. The Morgan fingerprint density at radius 2 is 1.80 bits per heavy atom. The molecule has 2 aromatic carbocycles. The normalized spacial score (nSPS) is 18.1. The number of hydrogen-bond donors (Lipinski definition) is 2. The summed E-state index contributed by atoms with van der Waals surface area (Å²) in [5, 5.41) is 3.88. The zero-order valence-electron chi connectivity index (χ0n) is 16.5. The minimum atomic E-state index is -0.375. The van der Waals surface area contributed by atoms with Crippen LogP contribution >= 0.6 is 0 Å². The molecule has 0 unspecified atom stereocenters. The number of carbonyl (C=O) groups excluding carboxylic acids is 3. The van der Waals surface area contributed by atoms with Gasteiger partial charge < -0.3 is 15.0 Å². The number of ether oxygens (including phenoxy) is 1. The maximum atomic E-state index is 12.6. The Bertz CT molecular complexity index is 1160. The SMILES string of the molecule is Cc1[nH]c2ccc(C[C@H]3COC(=O)N3)cc2c1CCN1C(=O)c2ccccc2C1=O. The highest BCUT2D eigenvalue weighted by atomic mass is 16.6. The van der Waals surface area contributed by atoms with E-state index in [0.717, 1.165) is 27.7 Å². The molecule has 2 N–H and O–H groups in total. The number of H-pyrrole nitrogens is 1. The summed E-state index contributed by atoms with van der Waals surface area (Å²) in [5.74, 6) is -0.462. The van der Waals surface area contributed by atoms with Gasteiger partial charge in [0.15, 0.2) is 0 Å². The van der Waals surface area contributed by atoms with Crippen LogP contribution in [0.2, 0.25) is 0 Å². The van der Waals surface area contributed by atoms with Crippen molar-refractivity contribution in [1.82, 2.24) is 15.2 Å². The molecule has 1 fully saturated rings. The molecule has 152 valence electrons. The second-order valence-corrected chi connectivity index (χ2v) is 7.81. The van der Waals surface area contributed by atoms with E-state index in [9.17, 15) is 14.4 Å². The van der Waals surface area contributed by atoms with E-state index in [1.54, 1.807) is 24.3 Å². The Morgan fingerprint density at radius 3 is 2.47 bits per heavy atom. The van der Waals surface area contributed by atoms with Gasteiger partial charge in [-0.1, -0.05) is 18.2 Å².